The maximum Gasteiger partial charge on any atom is 0.134 e. The van der Waals surface area contributed by atoms with Gasteiger partial charge in [-0.25, -0.2) is 4.98 Å². The van der Waals surface area contributed by atoms with Gasteiger partial charge in [-0.3, -0.25) is 0 Å². The van der Waals surface area contributed by atoms with Gasteiger partial charge in [-0.2, -0.15) is 0 Å². The van der Waals surface area contributed by atoms with Gasteiger partial charge in [-0.1, -0.05) is 18.2 Å². The van der Waals surface area contributed by atoms with Crippen LogP contribution in [-0.2, 0) is 0 Å². The molecule has 0 unspecified atom stereocenters. The minimum Gasteiger partial charge on any atom is -0.318 e. The molecular weight excluding hydrogens is 160 g/mol. The molecule has 1 aromatic carbocycles. The standard InChI is InChI=1S/C11H10N2/c1-8-6-7-11-12-9-4-2-3-5-10(9)13(8)11/h2-8H,1H3/t8-/m0/s1. The summed E-state index contributed by atoms with van der Waals surface area (Å²) < 4.78 is 2.26. The van der Waals surface area contributed by atoms with Crippen molar-refractivity contribution in [2.75, 3.05) is 0 Å². The van der Waals surface area contributed by atoms with Crippen molar-refractivity contribution in [1.29, 1.82) is 0 Å². The molecule has 3 rings (SSSR count). The number of allylic oxidation sites excluding steroid dienone is 1. The van der Waals surface area contributed by atoms with E-state index in [1.165, 1.54) is 5.52 Å². The van der Waals surface area contributed by atoms with Crippen LogP contribution in [0.5, 0.6) is 0 Å². The Morgan fingerprint density at radius 3 is 3.08 bits per heavy atom. The van der Waals surface area contributed by atoms with Crippen molar-refractivity contribution in [1.82, 2.24) is 9.55 Å². The summed E-state index contributed by atoms with van der Waals surface area (Å²) in [6.07, 6.45) is 4.26. The second-order valence-electron chi connectivity index (χ2n) is 3.43. The van der Waals surface area contributed by atoms with Crippen LogP contribution in [0.3, 0.4) is 0 Å². The lowest BCUT2D eigenvalue weighted by Gasteiger charge is -2.05. The molecule has 2 heteroatoms. The Kier molecular flexibility index (Phi) is 1.18. The molecule has 0 fully saturated rings. The first-order valence-corrected chi connectivity index (χ1v) is 4.51. The van der Waals surface area contributed by atoms with E-state index in [0.29, 0.717) is 6.04 Å². The molecule has 0 spiro atoms. The van der Waals surface area contributed by atoms with Crippen molar-refractivity contribution >= 4 is 17.1 Å². The zero-order valence-corrected chi connectivity index (χ0v) is 7.44. The summed E-state index contributed by atoms with van der Waals surface area (Å²) in [7, 11) is 0. The lowest BCUT2D eigenvalue weighted by Crippen LogP contribution is -1.98. The fraction of sp³-hybridized carbons (Fsp3) is 0.182. The molecule has 0 saturated carbocycles. The van der Waals surface area contributed by atoms with Gasteiger partial charge in [0.2, 0.25) is 0 Å². The van der Waals surface area contributed by atoms with E-state index < -0.39 is 0 Å². The Hall–Kier alpha value is -1.57. The summed E-state index contributed by atoms with van der Waals surface area (Å²) in [4.78, 5) is 4.52. The Balaban J connectivity index is 2.45. The highest BCUT2D eigenvalue weighted by molar-refractivity contribution is 5.79. The lowest BCUT2D eigenvalue weighted by atomic mass is 10.3. The number of benzene rings is 1. The smallest absolute Gasteiger partial charge is 0.134 e. The molecule has 2 nitrogen and oxygen atoms in total. The first kappa shape index (κ1) is 6.89. The highest BCUT2D eigenvalue weighted by atomic mass is 15.1. The molecule has 1 aromatic heterocycles. The quantitative estimate of drug-likeness (QED) is 0.594. The van der Waals surface area contributed by atoms with Gasteiger partial charge in [0, 0.05) is 0 Å². The number of hydrogen-bond donors (Lipinski definition) is 0. The van der Waals surface area contributed by atoms with Crippen LogP contribution in [0, 0.1) is 0 Å². The van der Waals surface area contributed by atoms with Crippen LogP contribution < -0.4 is 0 Å². The number of fused-ring (bicyclic) bond motifs is 3. The Labute approximate surface area is 76.5 Å². The van der Waals surface area contributed by atoms with E-state index in [0.717, 1.165) is 11.3 Å². The summed E-state index contributed by atoms with van der Waals surface area (Å²) >= 11 is 0. The maximum absolute atomic E-state index is 4.52. The molecule has 0 N–H and O–H groups in total. The van der Waals surface area contributed by atoms with E-state index in [1.807, 2.05) is 6.07 Å². The largest absolute Gasteiger partial charge is 0.318 e. The third-order valence-electron chi connectivity index (χ3n) is 2.55. The highest BCUT2D eigenvalue weighted by Crippen LogP contribution is 2.27. The third kappa shape index (κ3) is 0.800. The first-order chi connectivity index (χ1) is 6.36. The molecule has 0 aliphatic carbocycles. The van der Waals surface area contributed by atoms with Crippen molar-refractivity contribution in [3.63, 3.8) is 0 Å². The van der Waals surface area contributed by atoms with Crippen LogP contribution in [0.4, 0.5) is 0 Å². The normalized spacial score (nSPS) is 19.6. The molecule has 13 heavy (non-hydrogen) atoms. The van der Waals surface area contributed by atoms with Gasteiger partial charge in [0.1, 0.15) is 5.82 Å². The highest BCUT2D eigenvalue weighted by Gasteiger charge is 2.16. The molecule has 2 aromatic rings. The lowest BCUT2D eigenvalue weighted by molar-refractivity contribution is 0.697. The summed E-state index contributed by atoms with van der Waals surface area (Å²) in [5.41, 5.74) is 2.32. The minimum absolute atomic E-state index is 0.447. The number of hydrogen-bond acceptors (Lipinski definition) is 1. The molecule has 0 radical (unpaired) electrons. The number of nitrogens with zero attached hydrogens (tertiary/aromatic N) is 2. The van der Waals surface area contributed by atoms with Gasteiger partial charge in [0.05, 0.1) is 17.1 Å². The van der Waals surface area contributed by atoms with Crippen LogP contribution in [0.15, 0.2) is 30.3 Å². The topological polar surface area (TPSA) is 17.8 Å². The van der Waals surface area contributed by atoms with Gasteiger partial charge in [0.25, 0.3) is 0 Å². The average Bonchev–Trinajstić information content (AvgIpc) is 2.66. The molecule has 2 heterocycles. The fourth-order valence-corrected chi connectivity index (χ4v) is 1.92. The average molecular weight is 170 g/mol. The maximum atomic E-state index is 4.52. The van der Waals surface area contributed by atoms with E-state index in [9.17, 15) is 0 Å². The molecule has 0 saturated heterocycles. The number of rotatable bonds is 0. The van der Waals surface area contributed by atoms with Crippen molar-refractivity contribution in [3.05, 3.63) is 36.2 Å². The van der Waals surface area contributed by atoms with Gasteiger partial charge in [-0.15, -0.1) is 0 Å². The van der Waals surface area contributed by atoms with Crippen LogP contribution in [0.1, 0.15) is 18.8 Å². The Bertz CT molecular complexity index is 494. The summed E-state index contributed by atoms with van der Waals surface area (Å²) in [5.74, 6) is 1.08. The molecule has 1 atom stereocenters. The second-order valence-corrected chi connectivity index (χ2v) is 3.43. The van der Waals surface area contributed by atoms with Gasteiger partial charge >= 0.3 is 0 Å². The third-order valence-corrected chi connectivity index (χ3v) is 2.55. The van der Waals surface area contributed by atoms with E-state index >= 15 is 0 Å². The SMILES string of the molecule is C[C@H]1C=Cc2nc3ccccc3n21. The van der Waals surface area contributed by atoms with Crippen molar-refractivity contribution in [3.8, 4) is 0 Å². The molecule has 1 aliphatic rings. The predicted octanol–water partition coefficient (Wildman–Crippen LogP) is 2.62. The zero-order chi connectivity index (χ0) is 8.84. The van der Waals surface area contributed by atoms with E-state index in [4.69, 9.17) is 0 Å². The fourth-order valence-electron chi connectivity index (χ4n) is 1.92. The minimum atomic E-state index is 0.447. The number of aromatic nitrogens is 2. The van der Waals surface area contributed by atoms with Gasteiger partial charge in [0.15, 0.2) is 0 Å². The van der Waals surface area contributed by atoms with Crippen LogP contribution in [0.25, 0.3) is 17.1 Å². The van der Waals surface area contributed by atoms with E-state index in [-0.39, 0.29) is 0 Å². The van der Waals surface area contributed by atoms with Crippen molar-refractivity contribution < 1.29 is 0 Å². The number of imidazole rings is 1. The zero-order valence-electron chi connectivity index (χ0n) is 7.44. The van der Waals surface area contributed by atoms with Crippen molar-refractivity contribution in [2.45, 2.75) is 13.0 Å². The second kappa shape index (κ2) is 2.22. The van der Waals surface area contributed by atoms with Crippen LogP contribution in [-0.4, -0.2) is 9.55 Å². The predicted molar refractivity (Wildman–Crippen MR) is 53.5 cm³/mol. The van der Waals surface area contributed by atoms with Gasteiger partial charge < -0.3 is 4.57 Å². The number of para-hydroxylation sites is 2. The van der Waals surface area contributed by atoms with Crippen molar-refractivity contribution in [2.24, 2.45) is 0 Å². The first-order valence-electron chi connectivity index (χ1n) is 4.51. The Morgan fingerprint density at radius 2 is 2.15 bits per heavy atom. The van der Waals surface area contributed by atoms with E-state index in [1.54, 1.807) is 0 Å². The molecule has 0 bridgehead atoms. The van der Waals surface area contributed by atoms with Crippen LogP contribution >= 0.6 is 0 Å². The summed E-state index contributed by atoms with van der Waals surface area (Å²) in [6.45, 7) is 2.18. The molecular formula is C11H10N2. The van der Waals surface area contributed by atoms with Gasteiger partial charge in [-0.05, 0) is 25.1 Å². The van der Waals surface area contributed by atoms with Crippen LogP contribution in [0.2, 0.25) is 0 Å². The molecule has 0 amide bonds. The summed E-state index contributed by atoms with van der Waals surface area (Å²) in [6, 6.07) is 8.71. The molecule has 64 valence electrons. The van der Waals surface area contributed by atoms with E-state index in [2.05, 4.69) is 46.8 Å². The summed E-state index contributed by atoms with van der Waals surface area (Å²) in [5, 5.41) is 0. The Morgan fingerprint density at radius 1 is 1.31 bits per heavy atom. The monoisotopic (exact) mass is 170 g/mol. The molecule has 1 aliphatic heterocycles.